The Morgan fingerprint density at radius 3 is 3.12 bits per heavy atom. The fourth-order valence-electron chi connectivity index (χ4n) is 2.79. The Morgan fingerprint density at radius 1 is 1.48 bits per heavy atom. The standard InChI is InChI=1S/C18H20BrClN2O2S/c1-12(24-16-3-2-14(20)10-15(16)19)18(23)21-6-8-22-7-4-17-13(11-22)5-9-25-17/h2-3,5,9-10,12H,4,6-8,11H2,1H3,(H,21,23). The second-order valence-corrected chi connectivity index (χ2v) is 8.31. The predicted octanol–water partition coefficient (Wildman–Crippen LogP) is 4.11. The minimum absolute atomic E-state index is 0.116. The van der Waals surface area contributed by atoms with Crippen molar-refractivity contribution in [3.05, 3.63) is 49.6 Å². The molecule has 1 atom stereocenters. The number of ether oxygens (including phenoxy) is 1. The number of rotatable bonds is 6. The zero-order valence-corrected chi connectivity index (χ0v) is 17.1. The van der Waals surface area contributed by atoms with Gasteiger partial charge in [0.2, 0.25) is 0 Å². The van der Waals surface area contributed by atoms with E-state index in [0.717, 1.165) is 30.5 Å². The van der Waals surface area contributed by atoms with Crippen LogP contribution in [-0.4, -0.2) is 36.5 Å². The van der Waals surface area contributed by atoms with Gasteiger partial charge in [0.1, 0.15) is 5.75 Å². The summed E-state index contributed by atoms with van der Waals surface area (Å²) in [6.07, 6.45) is 0.535. The van der Waals surface area contributed by atoms with Gasteiger partial charge >= 0.3 is 0 Å². The molecule has 1 amide bonds. The highest BCUT2D eigenvalue weighted by Crippen LogP contribution is 2.28. The predicted molar refractivity (Wildman–Crippen MR) is 106 cm³/mol. The van der Waals surface area contributed by atoms with E-state index in [1.54, 1.807) is 25.1 Å². The first-order valence-corrected chi connectivity index (χ1v) is 10.2. The molecule has 0 radical (unpaired) electrons. The zero-order valence-electron chi connectivity index (χ0n) is 13.9. The summed E-state index contributed by atoms with van der Waals surface area (Å²) in [6.45, 7) is 5.23. The second-order valence-electron chi connectivity index (χ2n) is 6.02. The first-order valence-electron chi connectivity index (χ1n) is 8.20. The molecule has 1 aromatic heterocycles. The topological polar surface area (TPSA) is 41.6 Å². The Morgan fingerprint density at radius 2 is 2.32 bits per heavy atom. The maximum Gasteiger partial charge on any atom is 0.260 e. The second kappa shape index (κ2) is 8.54. The molecule has 1 aliphatic rings. The van der Waals surface area contributed by atoms with Gasteiger partial charge in [0, 0.05) is 36.1 Å². The van der Waals surface area contributed by atoms with Gasteiger partial charge in [-0.2, -0.15) is 0 Å². The van der Waals surface area contributed by atoms with Gasteiger partial charge in [-0.25, -0.2) is 0 Å². The van der Waals surface area contributed by atoms with E-state index < -0.39 is 6.10 Å². The van der Waals surface area contributed by atoms with Crippen molar-refractivity contribution in [2.45, 2.75) is 26.0 Å². The Labute approximate surface area is 165 Å². The quantitative estimate of drug-likeness (QED) is 0.730. The lowest BCUT2D eigenvalue weighted by molar-refractivity contribution is -0.127. The van der Waals surface area contributed by atoms with Crippen LogP contribution in [0.4, 0.5) is 0 Å². The summed E-state index contributed by atoms with van der Waals surface area (Å²) in [5.41, 5.74) is 1.42. The average molecular weight is 444 g/mol. The van der Waals surface area contributed by atoms with Crippen LogP contribution in [0.1, 0.15) is 17.4 Å². The molecule has 3 rings (SSSR count). The van der Waals surface area contributed by atoms with Crippen LogP contribution in [0.25, 0.3) is 0 Å². The Balaban J connectivity index is 1.43. The van der Waals surface area contributed by atoms with E-state index >= 15 is 0 Å². The molecule has 0 saturated carbocycles. The zero-order chi connectivity index (χ0) is 17.8. The molecule has 1 unspecified atom stereocenters. The maximum absolute atomic E-state index is 12.2. The van der Waals surface area contributed by atoms with E-state index in [-0.39, 0.29) is 5.91 Å². The molecule has 1 aliphatic heterocycles. The highest BCUT2D eigenvalue weighted by atomic mass is 79.9. The van der Waals surface area contributed by atoms with E-state index in [0.29, 0.717) is 17.3 Å². The van der Waals surface area contributed by atoms with Gasteiger partial charge in [-0.1, -0.05) is 11.6 Å². The number of benzene rings is 1. The van der Waals surface area contributed by atoms with Crippen LogP contribution in [0.3, 0.4) is 0 Å². The molecular weight excluding hydrogens is 424 g/mol. The van der Waals surface area contributed by atoms with E-state index in [1.165, 1.54) is 10.4 Å². The monoisotopic (exact) mass is 442 g/mol. The number of fused-ring (bicyclic) bond motifs is 1. The lowest BCUT2D eigenvalue weighted by atomic mass is 10.1. The first kappa shape index (κ1) is 18.7. The highest BCUT2D eigenvalue weighted by molar-refractivity contribution is 9.10. The van der Waals surface area contributed by atoms with Crippen molar-refractivity contribution in [3.8, 4) is 5.75 Å². The van der Waals surface area contributed by atoms with E-state index in [2.05, 4.69) is 37.6 Å². The molecule has 134 valence electrons. The molecule has 1 N–H and O–H groups in total. The molecule has 7 heteroatoms. The normalized spacial score (nSPS) is 15.5. The minimum atomic E-state index is -0.567. The third kappa shape index (κ3) is 4.97. The molecular formula is C18H20BrClN2O2S. The van der Waals surface area contributed by atoms with Crippen molar-refractivity contribution in [3.63, 3.8) is 0 Å². The molecule has 0 spiro atoms. The molecule has 2 aromatic rings. The summed E-state index contributed by atoms with van der Waals surface area (Å²) >= 11 is 11.1. The van der Waals surface area contributed by atoms with Gasteiger partial charge in [-0.05, 0) is 64.5 Å². The van der Waals surface area contributed by atoms with Crippen molar-refractivity contribution < 1.29 is 9.53 Å². The van der Waals surface area contributed by atoms with Gasteiger partial charge < -0.3 is 10.1 Å². The molecule has 0 bridgehead atoms. The number of halogens is 2. The van der Waals surface area contributed by atoms with Crippen LogP contribution in [-0.2, 0) is 17.8 Å². The number of carbonyl (C=O) groups excluding carboxylic acids is 1. The average Bonchev–Trinajstić information content (AvgIpc) is 3.05. The third-order valence-electron chi connectivity index (χ3n) is 4.18. The van der Waals surface area contributed by atoms with Crippen LogP contribution in [0.15, 0.2) is 34.1 Å². The SMILES string of the molecule is CC(Oc1ccc(Cl)cc1Br)C(=O)NCCN1CCc2sccc2C1. The summed E-state index contributed by atoms with van der Waals surface area (Å²) in [7, 11) is 0. The van der Waals surface area contributed by atoms with Crippen LogP contribution >= 0.6 is 38.9 Å². The first-order chi connectivity index (χ1) is 12.0. The smallest absolute Gasteiger partial charge is 0.260 e. The van der Waals surface area contributed by atoms with E-state index in [9.17, 15) is 4.79 Å². The Bertz CT molecular complexity index is 752. The number of carbonyl (C=O) groups is 1. The molecule has 0 aliphatic carbocycles. The summed E-state index contributed by atoms with van der Waals surface area (Å²) in [5, 5.41) is 5.73. The molecule has 25 heavy (non-hydrogen) atoms. The highest BCUT2D eigenvalue weighted by Gasteiger charge is 2.19. The molecule has 1 aromatic carbocycles. The molecule has 4 nitrogen and oxygen atoms in total. The third-order valence-corrected chi connectivity index (χ3v) is 6.06. The van der Waals surface area contributed by atoms with Crippen molar-refractivity contribution >= 4 is 44.8 Å². The fraction of sp³-hybridized carbons (Fsp3) is 0.389. The number of hydrogen-bond acceptors (Lipinski definition) is 4. The summed E-state index contributed by atoms with van der Waals surface area (Å²) in [5.74, 6) is 0.489. The fourth-order valence-corrected chi connectivity index (χ4v) is 4.46. The lowest BCUT2D eigenvalue weighted by Gasteiger charge is -2.27. The molecule has 0 fully saturated rings. The number of nitrogens with zero attached hydrogens (tertiary/aromatic N) is 1. The number of hydrogen-bond donors (Lipinski definition) is 1. The van der Waals surface area contributed by atoms with Crippen molar-refractivity contribution in [2.24, 2.45) is 0 Å². The number of nitrogens with one attached hydrogen (secondary N) is 1. The Kier molecular flexibility index (Phi) is 6.39. The Hall–Kier alpha value is -1.08. The maximum atomic E-state index is 12.2. The number of amides is 1. The summed E-state index contributed by atoms with van der Waals surface area (Å²) in [4.78, 5) is 16.1. The van der Waals surface area contributed by atoms with Gasteiger partial charge in [0.05, 0.1) is 4.47 Å². The van der Waals surface area contributed by atoms with Gasteiger partial charge in [-0.3, -0.25) is 9.69 Å². The van der Waals surface area contributed by atoms with Crippen LogP contribution < -0.4 is 10.1 Å². The summed E-state index contributed by atoms with van der Waals surface area (Å²) < 4.78 is 6.45. The number of thiophene rings is 1. The minimum Gasteiger partial charge on any atom is -0.480 e. The van der Waals surface area contributed by atoms with Crippen molar-refractivity contribution in [1.29, 1.82) is 0 Å². The van der Waals surface area contributed by atoms with Crippen molar-refractivity contribution in [2.75, 3.05) is 19.6 Å². The lowest BCUT2D eigenvalue weighted by Crippen LogP contribution is -2.41. The van der Waals surface area contributed by atoms with Crippen molar-refractivity contribution in [1.82, 2.24) is 10.2 Å². The largest absolute Gasteiger partial charge is 0.480 e. The van der Waals surface area contributed by atoms with E-state index in [1.807, 2.05) is 11.3 Å². The van der Waals surface area contributed by atoms with Gasteiger partial charge in [0.25, 0.3) is 5.91 Å². The van der Waals surface area contributed by atoms with Crippen LogP contribution in [0.5, 0.6) is 5.75 Å². The van der Waals surface area contributed by atoms with Gasteiger partial charge in [0.15, 0.2) is 6.10 Å². The van der Waals surface area contributed by atoms with E-state index in [4.69, 9.17) is 16.3 Å². The van der Waals surface area contributed by atoms with Gasteiger partial charge in [-0.15, -0.1) is 11.3 Å². The van der Waals surface area contributed by atoms with Crippen LogP contribution in [0.2, 0.25) is 5.02 Å². The summed E-state index contributed by atoms with van der Waals surface area (Å²) in [6, 6.07) is 7.44. The molecule has 0 saturated heterocycles. The molecule has 2 heterocycles. The van der Waals surface area contributed by atoms with Crippen LogP contribution in [0, 0.1) is 0 Å².